The van der Waals surface area contributed by atoms with Crippen molar-refractivity contribution in [2.75, 3.05) is 26.2 Å². The average Bonchev–Trinajstić information content (AvgIpc) is 2.74. The molecule has 1 aliphatic rings. The maximum atomic E-state index is 14.0. The summed E-state index contributed by atoms with van der Waals surface area (Å²) < 4.78 is 46.2. The molecule has 0 saturated carbocycles. The lowest BCUT2D eigenvalue weighted by Crippen LogP contribution is -2.48. The average molecular weight is 465 g/mol. The SMILES string of the molecule is CCc1cc2oc(=O)cc(CN3CCN(S(=O)(=O)c4ccccc4F)CC3)c2cc1Cl. The van der Waals surface area contributed by atoms with Crippen molar-refractivity contribution < 1.29 is 17.2 Å². The van der Waals surface area contributed by atoms with Crippen LogP contribution in [0.5, 0.6) is 0 Å². The first kappa shape index (κ1) is 22.0. The number of rotatable bonds is 5. The third-order valence-corrected chi connectivity index (χ3v) is 7.84. The Morgan fingerprint density at radius 2 is 1.77 bits per heavy atom. The molecule has 2 aromatic carbocycles. The lowest BCUT2D eigenvalue weighted by atomic mass is 10.1. The summed E-state index contributed by atoms with van der Waals surface area (Å²) in [6.07, 6.45) is 0.723. The number of hydrogen-bond donors (Lipinski definition) is 0. The van der Waals surface area contributed by atoms with E-state index in [-0.39, 0.29) is 18.0 Å². The van der Waals surface area contributed by atoms with Crippen LogP contribution >= 0.6 is 11.6 Å². The molecule has 0 atom stereocenters. The predicted octanol–water partition coefficient (Wildman–Crippen LogP) is 3.65. The van der Waals surface area contributed by atoms with Crippen molar-refractivity contribution >= 4 is 32.6 Å². The Hall–Kier alpha value is -2.26. The molecule has 4 rings (SSSR count). The van der Waals surface area contributed by atoms with Crippen molar-refractivity contribution in [1.29, 1.82) is 0 Å². The van der Waals surface area contributed by atoms with E-state index in [1.165, 1.54) is 28.6 Å². The number of nitrogens with zero attached hydrogens (tertiary/aromatic N) is 2. The molecule has 3 aromatic rings. The van der Waals surface area contributed by atoms with E-state index in [1.54, 1.807) is 6.07 Å². The number of benzene rings is 2. The monoisotopic (exact) mass is 464 g/mol. The topological polar surface area (TPSA) is 70.8 Å². The van der Waals surface area contributed by atoms with Crippen LogP contribution in [0.3, 0.4) is 0 Å². The van der Waals surface area contributed by atoms with Gasteiger partial charge in [0.2, 0.25) is 10.0 Å². The first-order chi connectivity index (χ1) is 14.8. The molecule has 0 aliphatic carbocycles. The fourth-order valence-corrected chi connectivity index (χ4v) is 5.64. The normalized spacial score (nSPS) is 16.1. The van der Waals surface area contributed by atoms with Crippen molar-refractivity contribution in [2.24, 2.45) is 0 Å². The standard InChI is InChI=1S/C22H22ClFN2O4S/c1-2-15-11-20-17(13-18(15)23)16(12-22(27)30-20)14-25-7-9-26(10-8-25)31(28,29)21-6-4-3-5-19(21)24/h3-6,11-13H,2,7-10,14H2,1H3. The van der Waals surface area contributed by atoms with E-state index < -0.39 is 21.5 Å². The number of sulfonamides is 1. The summed E-state index contributed by atoms with van der Waals surface area (Å²) >= 11 is 6.36. The number of hydrogen-bond acceptors (Lipinski definition) is 5. The molecule has 0 radical (unpaired) electrons. The van der Waals surface area contributed by atoms with Gasteiger partial charge in [0.05, 0.1) is 0 Å². The molecule has 0 spiro atoms. The Morgan fingerprint density at radius 3 is 2.45 bits per heavy atom. The summed E-state index contributed by atoms with van der Waals surface area (Å²) in [6.45, 7) is 3.81. The van der Waals surface area contributed by atoms with Gasteiger partial charge < -0.3 is 4.42 Å². The molecule has 1 aliphatic heterocycles. The molecule has 0 N–H and O–H groups in total. The van der Waals surface area contributed by atoms with E-state index in [4.69, 9.17) is 16.0 Å². The minimum atomic E-state index is -3.89. The molecule has 0 amide bonds. The van der Waals surface area contributed by atoms with Crippen molar-refractivity contribution in [3.63, 3.8) is 0 Å². The molecule has 1 saturated heterocycles. The molecule has 6 nitrogen and oxygen atoms in total. The Morgan fingerprint density at radius 1 is 1.06 bits per heavy atom. The maximum Gasteiger partial charge on any atom is 0.336 e. The summed E-state index contributed by atoms with van der Waals surface area (Å²) in [5.41, 5.74) is 1.74. The zero-order valence-corrected chi connectivity index (χ0v) is 18.5. The van der Waals surface area contributed by atoms with Gasteiger partial charge in [-0.3, -0.25) is 4.90 Å². The van der Waals surface area contributed by atoms with Crippen LogP contribution in [0.4, 0.5) is 4.39 Å². The smallest absolute Gasteiger partial charge is 0.336 e. The van der Waals surface area contributed by atoms with E-state index in [9.17, 15) is 17.6 Å². The van der Waals surface area contributed by atoms with Gasteiger partial charge in [-0.05, 0) is 41.8 Å². The third kappa shape index (κ3) is 4.39. The van der Waals surface area contributed by atoms with E-state index in [2.05, 4.69) is 4.90 Å². The molecule has 0 unspecified atom stereocenters. The Bertz CT molecular complexity index is 1280. The number of halogens is 2. The summed E-state index contributed by atoms with van der Waals surface area (Å²) in [5.74, 6) is -0.754. The summed E-state index contributed by atoms with van der Waals surface area (Å²) in [4.78, 5) is 13.8. The zero-order chi connectivity index (χ0) is 22.2. The van der Waals surface area contributed by atoms with Crippen LogP contribution in [0.1, 0.15) is 18.1 Å². The molecule has 9 heteroatoms. The quantitative estimate of drug-likeness (QED) is 0.539. The fraction of sp³-hybridized carbons (Fsp3) is 0.318. The molecule has 164 valence electrons. The Kier molecular flexibility index (Phi) is 6.16. The largest absolute Gasteiger partial charge is 0.423 e. The predicted molar refractivity (Wildman–Crippen MR) is 117 cm³/mol. The first-order valence-electron chi connectivity index (χ1n) is 10.0. The van der Waals surface area contributed by atoms with Crippen LogP contribution in [0.2, 0.25) is 5.02 Å². The molecule has 31 heavy (non-hydrogen) atoms. The second kappa shape index (κ2) is 8.70. The van der Waals surface area contributed by atoms with Crippen LogP contribution in [-0.4, -0.2) is 43.8 Å². The highest BCUT2D eigenvalue weighted by Gasteiger charge is 2.30. The lowest BCUT2D eigenvalue weighted by molar-refractivity contribution is 0.181. The second-order valence-corrected chi connectivity index (χ2v) is 9.81. The number of fused-ring (bicyclic) bond motifs is 1. The van der Waals surface area contributed by atoms with Crippen LogP contribution < -0.4 is 5.63 Å². The highest BCUT2D eigenvalue weighted by molar-refractivity contribution is 7.89. The van der Waals surface area contributed by atoms with Crippen LogP contribution in [0, 0.1) is 5.82 Å². The van der Waals surface area contributed by atoms with E-state index in [0.29, 0.717) is 30.2 Å². The van der Waals surface area contributed by atoms with Gasteiger partial charge >= 0.3 is 5.63 Å². The van der Waals surface area contributed by atoms with Gasteiger partial charge in [-0.2, -0.15) is 4.31 Å². The van der Waals surface area contributed by atoms with Gasteiger partial charge in [-0.1, -0.05) is 30.7 Å². The van der Waals surface area contributed by atoms with Gasteiger partial charge in [0.25, 0.3) is 0 Å². The van der Waals surface area contributed by atoms with Crippen LogP contribution in [-0.2, 0) is 23.0 Å². The second-order valence-electron chi connectivity index (χ2n) is 7.49. The van der Waals surface area contributed by atoms with Gasteiger partial charge in [0.1, 0.15) is 16.3 Å². The van der Waals surface area contributed by atoms with Gasteiger partial charge in [0, 0.05) is 49.2 Å². The Labute approximate surface area is 184 Å². The summed E-state index contributed by atoms with van der Waals surface area (Å²) in [6, 6.07) is 10.4. The maximum absolute atomic E-state index is 14.0. The lowest BCUT2D eigenvalue weighted by Gasteiger charge is -2.34. The van der Waals surface area contributed by atoms with Gasteiger partial charge in [-0.25, -0.2) is 17.6 Å². The molecular weight excluding hydrogens is 443 g/mol. The van der Waals surface area contributed by atoms with Crippen molar-refractivity contribution in [2.45, 2.75) is 24.8 Å². The summed E-state index contributed by atoms with van der Waals surface area (Å²) in [7, 11) is -3.89. The number of piperazine rings is 1. The molecule has 1 fully saturated rings. The summed E-state index contributed by atoms with van der Waals surface area (Å²) in [5, 5.41) is 1.38. The van der Waals surface area contributed by atoms with Crippen molar-refractivity contribution in [1.82, 2.24) is 9.21 Å². The molecule has 2 heterocycles. The minimum absolute atomic E-state index is 0.233. The highest BCUT2D eigenvalue weighted by atomic mass is 35.5. The zero-order valence-electron chi connectivity index (χ0n) is 17.0. The first-order valence-corrected chi connectivity index (χ1v) is 11.8. The van der Waals surface area contributed by atoms with E-state index in [1.807, 2.05) is 13.0 Å². The van der Waals surface area contributed by atoms with Crippen molar-refractivity contribution in [3.8, 4) is 0 Å². The highest BCUT2D eigenvalue weighted by Crippen LogP contribution is 2.27. The van der Waals surface area contributed by atoms with Crippen molar-refractivity contribution in [3.05, 3.63) is 74.9 Å². The fourth-order valence-electron chi connectivity index (χ4n) is 3.85. The van der Waals surface area contributed by atoms with Gasteiger partial charge in [0.15, 0.2) is 0 Å². The molecule has 1 aromatic heterocycles. The Balaban J connectivity index is 1.53. The number of aryl methyl sites for hydroxylation is 1. The molecular formula is C22H22ClFN2O4S. The van der Waals surface area contributed by atoms with Crippen LogP contribution in [0.15, 0.2) is 56.6 Å². The van der Waals surface area contributed by atoms with E-state index >= 15 is 0 Å². The van der Waals surface area contributed by atoms with Crippen LogP contribution in [0.25, 0.3) is 11.0 Å². The van der Waals surface area contributed by atoms with E-state index in [0.717, 1.165) is 29.0 Å². The third-order valence-electron chi connectivity index (χ3n) is 5.56. The minimum Gasteiger partial charge on any atom is -0.423 e. The van der Waals surface area contributed by atoms with Gasteiger partial charge in [-0.15, -0.1) is 0 Å². The molecule has 0 bridgehead atoms.